The fourth-order valence-electron chi connectivity index (χ4n) is 2.96. The summed E-state index contributed by atoms with van der Waals surface area (Å²) in [7, 11) is 0. The van der Waals surface area contributed by atoms with E-state index in [1.54, 1.807) is 18.2 Å². The molecule has 2 aliphatic rings. The van der Waals surface area contributed by atoms with Crippen molar-refractivity contribution in [2.24, 2.45) is 0 Å². The van der Waals surface area contributed by atoms with Crippen LogP contribution in [0.3, 0.4) is 0 Å². The summed E-state index contributed by atoms with van der Waals surface area (Å²) >= 11 is 0. The molecular formula is C15H17FN2O3. The first-order valence-electron chi connectivity index (χ1n) is 7.07. The Labute approximate surface area is 121 Å². The van der Waals surface area contributed by atoms with Crippen LogP contribution in [0.4, 0.5) is 10.1 Å². The van der Waals surface area contributed by atoms with Gasteiger partial charge in [0, 0.05) is 24.1 Å². The second kappa shape index (κ2) is 5.44. The van der Waals surface area contributed by atoms with Crippen LogP contribution in [0.1, 0.15) is 28.8 Å². The molecule has 2 N–H and O–H groups in total. The third-order valence-corrected chi connectivity index (χ3v) is 4.08. The fraction of sp³-hybridized carbons (Fsp3) is 0.467. The quantitative estimate of drug-likeness (QED) is 0.858. The highest BCUT2D eigenvalue weighted by molar-refractivity contribution is 5.98. The highest BCUT2D eigenvalue weighted by Gasteiger charge is 2.35. The van der Waals surface area contributed by atoms with Crippen LogP contribution in [0.2, 0.25) is 0 Å². The maximum Gasteiger partial charge on any atom is 0.254 e. The van der Waals surface area contributed by atoms with E-state index in [4.69, 9.17) is 0 Å². The Hall–Kier alpha value is -1.95. The predicted molar refractivity (Wildman–Crippen MR) is 74.8 cm³/mol. The smallest absolute Gasteiger partial charge is 0.254 e. The van der Waals surface area contributed by atoms with Gasteiger partial charge < -0.3 is 15.3 Å². The van der Waals surface area contributed by atoms with Crippen molar-refractivity contribution in [1.29, 1.82) is 0 Å². The molecule has 2 aliphatic heterocycles. The number of anilines is 1. The zero-order valence-electron chi connectivity index (χ0n) is 11.5. The molecule has 2 heterocycles. The molecule has 3 rings (SSSR count). The lowest BCUT2D eigenvalue weighted by atomic mass is 10.00. The number of carbonyl (C=O) groups excluding carboxylic acids is 2. The summed E-state index contributed by atoms with van der Waals surface area (Å²) in [6.07, 6.45) is 0.101. The topological polar surface area (TPSA) is 69.6 Å². The molecule has 1 aromatic carbocycles. The third kappa shape index (κ3) is 2.63. The van der Waals surface area contributed by atoms with Crippen LogP contribution >= 0.6 is 0 Å². The molecule has 0 aromatic heterocycles. The SMILES string of the molecule is O=C1CCc2cc(C(=O)N3C[C@@H](F)C[C@H]3CO)ccc2N1. The summed E-state index contributed by atoms with van der Waals surface area (Å²) in [6, 6.07) is 4.63. The van der Waals surface area contributed by atoms with E-state index in [9.17, 15) is 19.1 Å². The summed E-state index contributed by atoms with van der Waals surface area (Å²) in [5.41, 5.74) is 2.11. The average Bonchev–Trinajstić information content (AvgIpc) is 2.87. The van der Waals surface area contributed by atoms with E-state index in [2.05, 4.69) is 5.32 Å². The van der Waals surface area contributed by atoms with Gasteiger partial charge in [-0.15, -0.1) is 0 Å². The number of halogens is 1. The first-order valence-corrected chi connectivity index (χ1v) is 7.07. The van der Waals surface area contributed by atoms with Gasteiger partial charge >= 0.3 is 0 Å². The minimum Gasteiger partial charge on any atom is -0.394 e. The van der Waals surface area contributed by atoms with Gasteiger partial charge in [0.05, 0.1) is 19.2 Å². The number of alkyl halides is 1. The number of aliphatic hydroxyl groups is 1. The zero-order valence-corrected chi connectivity index (χ0v) is 11.5. The number of fused-ring (bicyclic) bond motifs is 1. The molecular weight excluding hydrogens is 275 g/mol. The molecule has 1 aromatic rings. The number of nitrogens with zero attached hydrogens (tertiary/aromatic N) is 1. The lowest BCUT2D eigenvalue weighted by Crippen LogP contribution is -2.38. The van der Waals surface area contributed by atoms with E-state index in [1.807, 2.05) is 0 Å². The van der Waals surface area contributed by atoms with Gasteiger partial charge in [0.2, 0.25) is 5.91 Å². The van der Waals surface area contributed by atoms with Crippen molar-refractivity contribution in [3.8, 4) is 0 Å². The molecule has 0 spiro atoms. The van der Waals surface area contributed by atoms with Crippen molar-refractivity contribution in [2.45, 2.75) is 31.5 Å². The van der Waals surface area contributed by atoms with Gasteiger partial charge in [0.25, 0.3) is 5.91 Å². The van der Waals surface area contributed by atoms with Crippen molar-refractivity contribution in [3.05, 3.63) is 29.3 Å². The van der Waals surface area contributed by atoms with Gasteiger partial charge in [-0.3, -0.25) is 9.59 Å². The third-order valence-electron chi connectivity index (χ3n) is 4.08. The largest absolute Gasteiger partial charge is 0.394 e. The van der Waals surface area contributed by atoms with Gasteiger partial charge in [-0.1, -0.05) is 0 Å². The van der Waals surface area contributed by atoms with Crippen LogP contribution in [0.25, 0.3) is 0 Å². The van der Waals surface area contributed by atoms with Crippen molar-refractivity contribution < 1.29 is 19.1 Å². The Morgan fingerprint density at radius 3 is 3.00 bits per heavy atom. The highest BCUT2D eigenvalue weighted by atomic mass is 19.1. The number of rotatable bonds is 2. The molecule has 6 heteroatoms. The lowest BCUT2D eigenvalue weighted by Gasteiger charge is -2.24. The Morgan fingerprint density at radius 2 is 2.24 bits per heavy atom. The molecule has 1 saturated heterocycles. The second-order valence-corrected chi connectivity index (χ2v) is 5.55. The molecule has 21 heavy (non-hydrogen) atoms. The minimum absolute atomic E-state index is 0.0257. The summed E-state index contributed by atoms with van der Waals surface area (Å²) in [4.78, 5) is 25.2. The van der Waals surface area contributed by atoms with Gasteiger partial charge in [-0.2, -0.15) is 0 Å². The van der Waals surface area contributed by atoms with Crippen molar-refractivity contribution in [2.75, 3.05) is 18.5 Å². The average molecular weight is 292 g/mol. The number of aliphatic hydroxyl groups excluding tert-OH is 1. The molecule has 0 unspecified atom stereocenters. The van der Waals surface area contributed by atoms with Crippen LogP contribution in [0.5, 0.6) is 0 Å². The first kappa shape index (κ1) is 14.0. The van der Waals surface area contributed by atoms with Crippen LogP contribution in [0.15, 0.2) is 18.2 Å². The molecule has 0 saturated carbocycles. The standard InChI is InChI=1S/C15H17FN2O3/c16-11-6-12(8-19)18(7-11)15(21)10-1-3-13-9(5-10)2-4-14(20)17-13/h1,3,5,11-12,19H,2,4,6-8H2,(H,17,20)/t11-,12-/m0/s1. The number of amides is 2. The number of hydrogen-bond donors (Lipinski definition) is 2. The molecule has 2 atom stereocenters. The summed E-state index contributed by atoms with van der Waals surface area (Å²) in [5, 5.41) is 12.0. The van der Waals surface area contributed by atoms with Gasteiger partial charge in [0.1, 0.15) is 6.17 Å². The molecule has 1 fully saturated rings. The monoisotopic (exact) mass is 292 g/mol. The fourth-order valence-corrected chi connectivity index (χ4v) is 2.96. The number of aryl methyl sites for hydroxylation is 1. The number of nitrogens with one attached hydrogen (secondary N) is 1. The van der Waals surface area contributed by atoms with Crippen molar-refractivity contribution in [1.82, 2.24) is 4.90 Å². The predicted octanol–water partition coefficient (Wildman–Crippen LogP) is 1.12. The number of likely N-dealkylation sites (tertiary alicyclic amines) is 1. The van der Waals surface area contributed by atoms with Gasteiger partial charge in [-0.25, -0.2) is 4.39 Å². The van der Waals surface area contributed by atoms with E-state index in [-0.39, 0.29) is 31.4 Å². The van der Waals surface area contributed by atoms with Crippen LogP contribution in [-0.2, 0) is 11.2 Å². The first-order chi connectivity index (χ1) is 10.1. The van der Waals surface area contributed by atoms with E-state index in [1.165, 1.54) is 4.90 Å². The van der Waals surface area contributed by atoms with Crippen molar-refractivity contribution >= 4 is 17.5 Å². The Kier molecular flexibility index (Phi) is 3.63. The van der Waals surface area contributed by atoms with E-state index < -0.39 is 12.2 Å². The number of hydrogen-bond acceptors (Lipinski definition) is 3. The molecule has 0 radical (unpaired) electrons. The second-order valence-electron chi connectivity index (χ2n) is 5.55. The molecule has 112 valence electrons. The summed E-state index contributed by atoms with van der Waals surface area (Å²) in [6.45, 7) is -0.203. The van der Waals surface area contributed by atoms with Crippen LogP contribution in [0, 0.1) is 0 Å². The van der Waals surface area contributed by atoms with Gasteiger partial charge in [-0.05, 0) is 30.2 Å². The lowest BCUT2D eigenvalue weighted by molar-refractivity contribution is -0.116. The molecule has 0 aliphatic carbocycles. The van der Waals surface area contributed by atoms with E-state index >= 15 is 0 Å². The molecule has 0 bridgehead atoms. The normalized spacial score (nSPS) is 24.7. The van der Waals surface area contributed by atoms with E-state index in [0.717, 1.165) is 11.3 Å². The zero-order chi connectivity index (χ0) is 15.0. The minimum atomic E-state index is -1.08. The Balaban J connectivity index is 1.84. The van der Waals surface area contributed by atoms with Crippen LogP contribution in [-0.4, -0.2) is 47.2 Å². The Bertz CT molecular complexity index is 590. The summed E-state index contributed by atoms with van der Waals surface area (Å²) < 4.78 is 13.5. The molecule has 2 amide bonds. The van der Waals surface area contributed by atoms with Crippen LogP contribution < -0.4 is 5.32 Å². The maximum absolute atomic E-state index is 13.5. The van der Waals surface area contributed by atoms with Crippen molar-refractivity contribution in [3.63, 3.8) is 0 Å². The maximum atomic E-state index is 13.5. The number of carbonyl (C=O) groups is 2. The number of benzene rings is 1. The highest BCUT2D eigenvalue weighted by Crippen LogP contribution is 2.27. The summed E-state index contributed by atoms with van der Waals surface area (Å²) in [5.74, 6) is -0.296. The van der Waals surface area contributed by atoms with E-state index in [0.29, 0.717) is 18.4 Å². The van der Waals surface area contributed by atoms with Gasteiger partial charge in [0.15, 0.2) is 0 Å². The molecule has 5 nitrogen and oxygen atoms in total. The Morgan fingerprint density at radius 1 is 1.43 bits per heavy atom.